The number of hydrogen-bond acceptors (Lipinski definition) is 4. The maximum atomic E-state index is 12.5. The molecule has 0 bridgehead atoms. The van der Waals surface area contributed by atoms with Crippen molar-refractivity contribution in [3.63, 3.8) is 0 Å². The molecule has 0 aliphatic heterocycles. The molecule has 7 nitrogen and oxygen atoms in total. The third kappa shape index (κ3) is 11.5. The van der Waals surface area contributed by atoms with Crippen LogP contribution in [0.2, 0.25) is 0 Å². The Morgan fingerprint density at radius 1 is 1.12 bits per heavy atom. The number of carbonyl (C=O) groups excluding carboxylic acids is 2. The van der Waals surface area contributed by atoms with Crippen LogP contribution < -0.4 is 40.0 Å². The molecule has 0 aromatic heterocycles. The van der Waals surface area contributed by atoms with Crippen molar-refractivity contribution >= 4 is 11.9 Å². The number of carboxylic acids is 1. The number of nitrogens with zero attached hydrogens (tertiary/aromatic N) is 2. The predicted molar refractivity (Wildman–Crippen MR) is 96.1 cm³/mol. The SMILES string of the molecule is CCC(CC(C)(C)C(=O)NC[N+](C)(C)CC(O)C[N+](C)(C)C)C(=O)[O-].[Na+]. The molecule has 2 unspecified atom stereocenters. The zero-order valence-corrected chi connectivity index (χ0v) is 20.3. The van der Waals surface area contributed by atoms with Crippen molar-refractivity contribution in [3.8, 4) is 0 Å². The van der Waals surface area contributed by atoms with Crippen molar-refractivity contribution in [3.05, 3.63) is 0 Å². The molecule has 0 aromatic rings. The van der Waals surface area contributed by atoms with Crippen LogP contribution >= 0.6 is 0 Å². The molecule has 0 aliphatic rings. The molecule has 0 spiro atoms. The van der Waals surface area contributed by atoms with Crippen LogP contribution in [-0.4, -0.2) is 87.0 Å². The standard InChI is InChI=1S/C18H37N3O4.Na/c1-9-14(16(23)24)10-18(2,3)17(25)19-13-21(7,8)12-15(22)11-20(4,5)6;/h14-15,22H,9-13H2,1-8H3;/q;+1/p+1. The minimum absolute atomic E-state index is 0. The Morgan fingerprint density at radius 2 is 1.62 bits per heavy atom. The van der Waals surface area contributed by atoms with Gasteiger partial charge in [-0.15, -0.1) is 0 Å². The Balaban J connectivity index is 0. The van der Waals surface area contributed by atoms with Crippen LogP contribution in [0.3, 0.4) is 0 Å². The molecule has 148 valence electrons. The number of hydrogen-bond donors (Lipinski definition) is 2. The molecular formula is C18H38N3NaO4+2. The van der Waals surface area contributed by atoms with E-state index in [1.54, 1.807) is 20.8 Å². The molecule has 2 atom stereocenters. The molecule has 0 aromatic carbocycles. The third-order valence-electron chi connectivity index (χ3n) is 4.33. The summed E-state index contributed by atoms with van der Waals surface area (Å²) >= 11 is 0. The molecule has 8 heteroatoms. The summed E-state index contributed by atoms with van der Waals surface area (Å²) in [6.07, 6.45) is 0.218. The summed E-state index contributed by atoms with van der Waals surface area (Å²) < 4.78 is 1.11. The van der Waals surface area contributed by atoms with Crippen LogP contribution in [0.4, 0.5) is 0 Å². The second-order valence-corrected chi connectivity index (χ2v) is 9.42. The first-order valence-corrected chi connectivity index (χ1v) is 8.89. The number of aliphatic carboxylic acids is 1. The van der Waals surface area contributed by atoms with Gasteiger partial charge in [0.05, 0.1) is 35.2 Å². The summed E-state index contributed by atoms with van der Waals surface area (Å²) in [6, 6.07) is 0. The average molecular weight is 384 g/mol. The molecular weight excluding hydrogens is 345 g/mol. The van der Waals surface area contributed by atoms with Crippen molar-refractivity contribution in [2.75, 3.05) is 55.0 Å². The van der Waals surface area contributed by atoms with E-state index in [2.05, 4.69) is 5.32 Å². The molecule has 0 heterocycles. The number of aliphatic hydroxyl groups excluding tert-OH is 1. The summed E-state index contributed by atoms with van der Waals surface area (Å²) in [5, 5.41) is 24.3. The van der Waals surface area contributed by atoms with Crippen molar-refractivity contribution < 1.29 is 58.3 Å². The second-order valence-electron chi connectivity index (χ2n) is 9.42. The maximum absolute atomic E-state index is 12.5. The van der Waals surface area contributed by atoms with Gasteiger partial charge in [0.15, 0.2) is 12.8 Å². The van der Waals surface area contributed by atoms with E-state index in [1.165, 1.54) is 0 Å². The summed E-state index contributed by atoms with van der Waals surface area (Å²) in [4.78, 5) is 23.6. The van der Waals surface area contributed by atoms with Gasteiger partial charge in [0.25, 0.3) is 0 Å². The predicted octanol–water partition coefficient (Wildman–Crippen LogP) is -3.60. The first-order chi connectivity index (χ1) is 11.1. The van der Waals surface area contributed by atoms with Crippen LogP contribution in [0, 0.1) is 11.3 Å². The van der Waals surface area contributed by atoms with Gasteiger partial charge < -0.3 is 29.3 Å². The number of quaternary nitrogens is 2. The quantitative estimate of drug-likeness (QED) is 0.219. The van der Waals surface area contributed by atoms with Gasteiger partial charge in [-0.2, -0.15) is 0 Å². The molecule has 0 fully saturated rings. The van der Waals surface area contributed by atoms with E-state index < -0.39 is 23.4 Å². The number of nitrogens with one attached hydrogen (secondary N) is 1. The van der Waals surface area contributed by atoms with Crippen LogP contribution in [0.5, 0.6) is 0 Å². The summed E-state index contributed by atoms with van der Waals surface area (Å²) in [5.74, 6) is -1.92. The minimum Gasteiger partial charge on any atom is -0.550 e. The van der Waals surface area contributed by atoms with Crippen molar-refractivity contribution in [2.24, 2.45) is 11.3 Å². The Bertz CT molecular complexity index is 462. The summed E-state index contributed by atoms with van der Waals surface area (Å²) in [5.41, 5.74) is -0.790. The van der Waals surface area contributed by atoms with Crippen molar-refractivity contribution in [1.82, 2.24) is 5.32 Å². The number of rotatable bonds is 11. The smallest absolute Gasteiger partial charge is 0.550 e. The molecule has 2 N–H and O–H groups in total. The Hall–Kier alpha value is -0.180. The number of aliphatic hydroxyl groups is 1. The fraction of sp³-hybridized carbons (Fsp3) is 0.889. The minimum atomic E-state index is -1.11. The van der Waals surface area contributed by atoms with Gasteiger partial charge in [-0.3, -0.25) is 4.79 Å². The average Bonchev–Trinajstić information content (AvgIpc) is 2.38. The van der Waals surface area contributed by atoms with Crippen LogP contribution in [0.15, 0.2) is 0 Å². The first-order valence-electron chi connectivity index (χ1n) is 8.89. The third-order valence-corrected chi connectivity index (χ3v) is 4.33. The molecule has 0 saturated heterocycles. The summed E-state index contributed by atoms with van der Waals surface area (Å²) in [6.45, 7) is 6.81. The van der Waals surface area contributed by atoms with E-state index in [-0.39, 0.29) is 41.9 Å². The van der Waals surface area contributed by atoms with Gasteiger partial charge >= 0.3 is 29.6 Å². The fourth-order valence-electron chi connectivity index (χ4n) is 2.95. The van der Waals surface area contributed by atoms with Gasteiger partial charge in [0, 0.05) is 11.4 Å². The van der Waals surface area contributed by atoms with E-state index in [9.17, 15) is 19.8 Å². The Labute approximate surface area is 181 Å². The van der Waals surface area contributed by atoms with E-state index in [1.807, 2.05) is 35.2 Å². The zero-order chi connectivity index (χ0) is 20.1. The first kappa shape index (κ1) is 28.0. The summed E-state index contributed by atoms with van der Waals surface area (Å²) in [7, 11) is 9.96. The molecule has 26 heavy (non-hydrogen) atoms. The largest absolute Gasteiger partial charge is 1.00 e. The van der Waals surface area contributed by atoms with Crippen LogP contribution in [-0.2, 0) is 9.59 Å². The molecule has 0 radical (unpaired) electrons. The van der Waals surface area contributed by atoms with E-state index in [0.29, 0.717) is 35.1 Å². The van der Waals surface area contributed by atoms with Gasteiger partial charge in [0.1, 0.15) is 13.1 Å². The number of amides is 1. The fourth-order valence-corrected chi connectivity index (χ4v) is 2.95. The van der Waals surface area contributed by atoms with Gasteiger partial charge in [-0.25, -0.2) is 0 Å². The normalized spacial score (nSPS) is 15.0. The van der Waals surface area contributed by atoms with E-state index in [0.717, 1.165) is 0 Å². The molecule has 0 rings (SSSR count). The monoisotopic (exact) mass is 383 g/mol. The van der Waals surface area contributed by atoms with Gasteiger partial charge in [0.2, 0.25) is 5.91 Å². The van der Waals surface area contributed by atoms with Gasteiger partial charge in [-0.1, -0.05) is 20.8 Å². The number of likely N-dealkylation sites (N-methyl/N-ethyl adjacent to an activating group) is 2. The molecule has 1 amide bonds. The second kappa shape index (κ2) is 11.0. The number of carboxylic acid groups (broad SMARTS) is 1. The van der Waals surface area contributed by atoms with Crippen LogP contribution in [0.1, 0.15) is 33.6 Å². The molecule has 0 saturated carbocycles. The van der Waals surface area contributed by atoms with Crippen molar-refractivity contribution in [2.45, 2.75) is 39.7 Å². The Morgan fingerprint density at radius 3 is 2.00 bits per heavy atom. The van der Waals surface area contributed by atoms with E-state index in [4.69, 9.17) is 0 Å². The topological polar surface area (TPSA) is 89.5 Å². The van der Waals surface area contributed by atoms with Crippen molar-refractivity contribution in [1.29, 1.82) is 0 Å². The van der Waals surface area contributed by atoms with Crippen LogP contribution in [0.25, 0.3) is 0 Å². The number of carbonyl (C=O) groups is 2. The van der Waals surface area contributed by atoms with Gasteiger partial charge in [-0.05, 0) is 18.8 Å². The zero-order valence-electron chi connectivity index (χ0n) is 18.3. The molecule has 0 aliphatic carbocycles. The maximum Gasteiger partial charge on any atom is 1.00 e. The van der Waals surface area contributed by atoms with E-state index >= 15 is 0 Å². The Kier molecular flexibility index (Phi) is 11.8.